The van der Waals surface area contributed by atoms with Crippen LogP contribution in [0.4, 0.5) is 8.78 Å². The Balaban J connectivity index is 1.92. The monoisotopic (exact) mass is 287 g/mol. The fourth-order valence-electron chi connectivity index (χ4n) is 2.76. The third kappa shape index (κ3) is 3.60. The Kier molecular flexibility index (Phi) is 5.05. The Bertz CT molecular complexity index is 467. The van der Waals surface area contributed by atoms with Gasteiger partial charge in [0.05, 0.1) is 10.8 Å². The minimum atomic E-state index is -1.25. The van der Waals surface area contributed by atoms with E-state index in [4.69, 9.17) is 0 Å². The number of halogens is 2. The minimum absolute atomic E-state index is 0.373. The highest BCUT2D eigenvalue weighted by molar-refractivity contribution is 7.85. The second-order valence-corrected chi connectivity index (χ2v) is 6.57. The number of rotatable bonds is 5. The zero-order valence-corrected chi connectivity index (χ0v) is 11.8. The molecular weight excluding hydrogens is 268 g/mol. The molecule has 3 unspecified atom stereocenters. The maximum Gasteiger partial charge on any atom is 0.160 e. The highest BCUT2D eigenvalue weighted by Gasteiger charge is 2.26. The highest BCUT2D eigenvalue weighted by Crippen LogP contribution is 2.28. The van der Waals surface area contributed by atoms with Crippen molar-refractivity contribution in [2.24, 2.45) is 5.92 Å². The second-order valence-electron chi connectivity index (χ2n) is 5.00. The summed E-state index contributed by atoms with van der Waals surface area (Å²) in [7, 11) is 0.704. The molecule has 106 valence electrons. The molecule has 3 atom stereocenters. The Morgan fingerprint density at radius 1 is 1.32 bits per heavy atom. The van der Waals surface area contributed by atoms with Gasteiger partial charge in [-0.25, -0.2) is 8.78 Å². The SMILES string of the molecule is CNC1CCCC1CCS(=O)c1ccc(F)c(F)c1. The molecule has 2 nitrogen and oxygen atoms in total. The van der Waals surface area contributed by atoms with E-state index >= 15 is 0 Å². The van der Waals surface area contributed by atoms with E-state index in [0.29, 0.717) is 22.6 Å². The molecule has 1 aliphatic carbocycles. The molecule has 0 bridgehead atoms. The van der Waals surface area contributed by atoms with Crippen molar-refractivity contribution in [2.75, 3.05) is 12.8 Å². The van der Waals surface area contributed by atoms with Gasteiger partial charge in [-0.2, -0.15) is 0 Å². The van der Waals surface area contributed by atoms with Crippen molar-refractivity contribution in [3.8, 4) is 0 Å². The maximum absolute atomic E-state index is 13.1. The number of hydrogen-bond donors (Lipinski definition) is 1. The van der Waals surface area contributed by atoms with Crippen LogP contribution in [0.15, 0.2) is 23.1 Å². The van der Waals surface area contributed by atoms with Crippen LogP contribution >= 0.6 is 0 Å². The standard InChI is InChI=1S/C14H19F2NOS/c1-17-14-4-2-3-10(14)7-8-19(18)11-5-6-12(15)13(16)9-11/h5-6,9-10,14,17H,2-4,7-8H2,1H3. The van der Waals surface area contributed by atoms with E-state index in [2.05, 4.69) is 5.32 Å². The van der Waals surface area contributed by atoms with Crippen molar-refractivity contribution in [1.82, 2.24) is 5.32 Å². The van der Waals surface area contributed by atoms with Crippen LogP contribution in [-0.2, 0) is 10.8 Å². The van der Waals surface area contributed by atoms with Crippen molar-refractivity contribution in [3.63, 3.8) is 0 Å². The maximum atomic E-state index is 13.1. The molecule has 0 saturated heterocycles. The van der Waals surface area contributed by atoms with Gasteiger partial charge < -0.3 is 5.32 Å². The number of hydrogen-bond acceptors (Lipinski definition) is 2. The first-order valence-electron chi connectivity index (χ1n) is 6.62. The predicted molar refractivity (Wildman–Crippen MR) is 72.4 cm³/mol. The third-order valence-corrected chi connectivity index (χ3v) is 5.24. The number of benzene rings is 1. The van der Waals surface area contributed by atoms with Crippen LogP contribution in [-0.4, -0.2) is 23.1 Å². The van der Waals surface area contributed by atoms with E-state index in [9.17, 15) is 13.0 Å². The summed E-state index contributed by atoms with van der Waals surface area (Å²) < 4.78 is 37.9. The molecule has 0 aliphatic heterocycles. The molecule has 0 amide bonds. The van der Waals surface area contributed by atoms with E-state index < -0.39 is 22.4 Å². The van der Waals surface area contributed by atoms with Crippen LogP contribution in [0.2, 0.25) is 0 Å². The smallest absolute Gasteiger partial charge is 0.160 e. The fraction of sp³-hybridized carbons (Fsp3) is 0.571. The van der Waals surface area contributed by atoms with Crippen LogP contribution in [0.1, 0.15) is 25.7 Å². The Hall–Kier alpha value is -0.810. The van der Waals surface area contributed by atoms with E-state index in [0.717, 1.165) is 25.0 Å². The Morgan fingerprint density at radius 3 is 2.79 bits per heavy atom. The predicted octanol–water partition coefficient (Wildman–Crippen LogP) is 2.85. The van der Waals surface area contributed by atoms with Gasteiger partial charge in [-0.1, -0.05) is 6.42 Å². The van der Waals surface area contributed by atoms with E-state index in [1.54, 1.807) is 0 Å². The first-order valence-corrected chi connectivity index (χ1v) is 7.94. The molecule has 1 aliphatic rings. The fourth-order valence-corrected chi connectivity index (χ4v) is 3.96. The van der Waals surface area contributed by atoms with E-state index in [1.807, 2.05) is 7.05 Å². The van der Waals surface area contributed by atoms with E-state index in [1.165, 1.54) is 18.9 Å². The van der Waals surface area contributed by atoms with Gasteiger partial charge in [0, 0.05) is 16.7 Å². The zero-order chi connectivity index (χ0) is 13.8. The Labute approximate surface area is 115 Å². The van der Waals surface area contributed by atoms with Crippen LogP contribution in [0.25, 0.3) is 0 Å². The summed E-state index contributed by atoms with van der Waals surface area (Å²) >= 11 is 0. The lowest BCUT2D eigenvalue weighted by atomic mass is 10.0. The van der Waals surface area contributed by atoms with Crippen LogP contribution in [0.5, 0.6) is 0 Å². The lowest BCUT2D eigenvalue weighted by molar-refractivity contribution is 0.416. The van der Waals surface area contributed by atoms with Gasteiger partial charge in [-0.3, -0.25) is 4.21 Å². The Morgan fingerprint density at radius 2 is 2.11 bits per heavy atom. The van der Waals surface area contributed by atoms with Crippen molar-refractivity contribution >= 4 is 10.8 Å². The van der Waals surface area contributed by atoms with Crippen molar-refractivity contribution in [3.05, 3.63) is 29.8 Å². The molecule has 19 heavy (non-hydrogen) atoms. The summed E-state index contributed by atoms with van der Waals surface area (Å²) in [6, 6.07) is 3.98. The molecule has 1 aromatic rings. The van der Waals surface area contributed by atoms with Crippen molar-refractivity contribution in [2.45, 2.75) is 36.6 Å². The molecule has 1 fully saturated rings. The average molecular weight is 287 g/mol. The summed E-state index contributed by atoms with van der Waals surface area (Å²) in [6.07, 6.45) is 4.38. The molecule has 2 rings (SSSR count). The van der Waals surface area contributed by atoms with Gasteiger partial charge in [0.2, 0.25) is 0 Å². The molecule has 1 aromatic carbocycles. The molecule has 0 aromatic heterocycles. The number of nitrogens with one attached hydrogen (secondary N) is 1. The summed E-state index contributed by atoms with van der Waals surface area (Å²) in [5.74, 6) is -0.778. The van der Waals surface area contributed by atoms with Crippen molar-refractivity contribution in [1.29, 1.82) is 0 Å². The van der Waals surface area contributed by atoms with Gasteiger partial charge in [-0.15, -0.1) is 0 Å². The summed E-state index contributed by atoms with van der Waals surface area (Å²) in [5.41, 5.74) is 0. The summed E-state index contributed by atoms with van der Waals surface area (Å²) in [4.78, 5) is 0.373. The summed E-state index contributed by atoms with van der Waals surface area (Å²) in [6.45, 7) is 0. The van der Waals surface area contributed by atoms with Gasteiger partial charge in [0.25, 0.3) is 0 Å². The lowest BCUT2D eigenvalue weighted by Crippen LogP contribution is -2.29. The minimum Gasteiger partial charge on any atom is -0.317 e. The van der Waals surface area contributed by atoms with Gasteiger partial charge in [0.15, 0.2) is 11.6 Å². The average Bonchev–Trinajstić information content (AvgIpc) is 2.86. The first kappa shape index (κ1) is 14.6. The summed E-state index contributed by atoms with van der Waals surface area (Å²) in [5, 5.41) is 3.29. The molecule has 1 saturated carbocycles. The first-order chi connectivity index (χ1) is 9.11. The second kappa shape index (κ2) is 6.57. The van der Waals surface area contributed by atoms with Gasteiger partial charge >= 0.3 is 0 Å². The molecule has 5 heteroatoms. The third-order valence-electron chi connectivity index (χ3n) is 3.86. The zero-order valence-electron chi connectivity index (χ0n) is 11.0. The normalized spacial score (nSPS) is 24.6. The molecule has 0 spiro atoms. The molecule has 1 N–H and O–H groups in total. The van der Waals surface area contributed by atoms with Gasteiger partial charge in [0.1, 0.15) is 0 Å². The van der Waals surface area contributed by atoms with E-state index in [-0.39, 0.29) is 0 Å². The van der Waals surface area contributed by atoms with Crippen molar-refractivity contribution < 1.29 is 13.0 Å². The lowest BCUT2D eigenvalue weighted by Gasteiger charge is -2.18. The molecule has 0 heterocycles. The molecule has 0 radical (unpaired) electrons. The van der Waals surface area contributed by atoms with Crippen LogP contribution in [0, 0.1) is 17.6 Å². The highest BCUT2D eigenvalue weighted by atomic mass is 32.2. The van der Waals surface area contributed by atoms with Gasteiger partial charge in [-0.05, 0) is 50.4 Å². The molecular formula is C14H19F2NOS. The van der Waals surface area contributed by atoms with Crippen LogP contribution < -0.4 is 5.32 Å². The quantitative estimate of drug-likeness (QED) is 0.902. The largest absolute Gasteiger partial charge is 0.317 e. The van der Waals surface area contributed by atoms with Crippen LogP contribution in [0.3, 0.4) is 0 Å². The topological polar surface area (TPSA) is 29.1 Å².